The van der Waals surface area contributed by atoms with Crippen molar-refractivity contribution in [2.45, 2.75) is 13.5 Å². The Morgan fingerprint density at radius 3 is 2.95 bits per heavy atom. The number of fused-ring (bicyclic) bond motifs is 1. The highest BCUT2D eigenvalue weighted by atomic mass is 32.1. The van der Waals surface area contributed by atoms with Crippen molar-refractivity contribution in [3.8, 4) is 0 Å². The summed E-state index contributed by atoms with van der Waals surface area (Å²) in [4.78, 5) is 18.8. The zero-order chi connectivity index (χ0) is 13.9. The Kier molecular flexibility index (Phi) is 3.48. The lowest BCUT2D eigenvalue weighted by Gasteiger charge is -2.05. The number of carbonyl (C=O) groups excluding carboxylic acids is 1. The third-order valence-corrected chi connectivity index (χ3v) is 4.09. The second-order valence-corrected chi connectivity index (χ2v) is 5.98. The largest absolute Gasteiger partial charge is 0.347 e. The van der Waals surface area contributed by atoms with Gasteiger partial charge in [-0.1, -0.05) is 6.07 Å². The average molecular weight is 282 g/mol. The van der Waals surface area contributed by atoms with Crippen molar-refractivity contribution >= 4 is 28.1 Å². The molecule has 0 bridgehead atoms. The van der Waals surface area contributed by atoms with E-state index in [1.54, 1.807) is 17.5 Å². The SMILES string of the molecule is Cc1ccc(CNC(=O)c2ccc3ncccc3c2)s1. The number of thiophene rings is 1. The third kappa shape index (κ3) is 2.70. The summed E-state index contributed by atoms with van der Waals surface area (Å²) in [6, 6.07) is 13.5. The zero-order valence-corrected chi connectivity index (χ0v) is 11.9. The van der Waals surface area contributed by atoms with Crippen LogP contribution in [0.4, 0.5) is 0 Å². The van der Waals surface area contributed by atoms with E-state index in [9.17, 15) is 4.79 Å². The molecule has 3 aromatic rings. The van der Waals surface area contributed by atoms with Crippen LogP contribution in [0.1, 0.15) is 20.1 Å². The molecule has 1 N–H and O–H groups in total. The van der Waals surface area contributed by atoms with Gasteiger partial charge in [0.2, 0.25) is 0 Å². The van der Waals surface area contributed by atoms with Gasteiger partial charge >= 0.3 is 0 Å². The summed E-state index contributed by atoms with van der Waals surface area (Å²) < 4.78 is 0. The predicted octanol–water partition coefficient (Wildman–Crippen LogP) is 3.53. The molecule has 0 spiro atoms. The van der Waals surface area contributed by atoms with Crippen LogP contribution in [0, 0.1) is 6.92 Å². The lowest BCUT2D eigenvalue weighted by atomic mass is 10.1. The molecular formula is C16H14N2OS. The van der Waals surface area contributed by atoms with Crippen LogP contribution in [-0.4, -0.2) is 10.9 Å². The number of hydrogen-bond donors (Lipinski definition) is 1. The molecule has 20 heavy (non-hydrogen) atoms. The Hall–Kier alpha value is -2.20. The van der Waals surface area contributed by atoms with Crippen molar-refractivity contribution in [2.24, 2.45) is 0 Å². The molecule has 2 heterocycles. The van der Waals surface area contributed by atoms with Crippen molar-refractivity contribution in [1.82, 2.24) is 10.3 Å². The minimum Gasteiger partial charge on any atom is -0.347 e. The standard InChI is InChI=1S/C16H14N2OS/c1-11-4-6-14(20-11)10-18-16(19)13-5-7-15-12(9-13)3-2-8-17-15/h2-9H,10H2,1H3,(H,18,19). The number of hydrogen-bond acceptors (Lipinski definition) is 3. The topological polar surface area (TPSA) is 42.0 Å². The van der Waals surface area contributed by atoms with Gasteiger partial charge in [-0.25, -0.2) is 0 Å². The van der Waals surface area contributed by atoms with Gasteiger partial charge in [0, 0.05) is 26.9 Å². The first-order chi connectivity index (χ1) is 9.72. The molecule has 0 saturated heterocycles. The molecule has 0 aliphatic carbocycles. The van der Waals surface area contributed by atoms with Gasteiger partial charge in [0.15, 0.2) is 0 Å². The second-order valence-electron chi connectivity index (χ2n) is 4.61. The van der Waals surface area contributed by atoms with Gasteiger partial charge in [0.1, 0.15) is 0 Å². The summed E-state index contributed by atoms with van der Waals surface area (Å²) in [6.07, 6.45) is 1.75. The van der Waals surface area contributed by atoms with E-state index >= 15 is 0 Å². The Morgan fingerprint density at radius 1 is 1.25 bits per heavy atom. The van der Waals surface area contributed by atoms with Crippen molar-refractivity contribution < 1.29 is 4.79 Å². The number of rotatable bonds is 3. The van der Waals surface area contributed by atoms with E-state index in [4.69, 9.17) is 0 Å². The molecule has 0 atom stereocenters. The molecule has 100 valence electrons. The molecule has 0 radical (unpaired) electrons. The molecule has 3 rings (SSSR count). The Balaban J connectivity index is 1.75. The predicted molar refractivity (Wildman–Crippen MR) is 82.0 cm³/mol. The molecule has 1 amide bonds. The van der Waals surface area contributed by atoms with Gasteiger partial charge in [0.05, 0.1) is 12.1 Å². The molecule has 0 aliphatic heterocycles. The third-order valence-electron chi connectivity index (χ3n) is 3.08. The fourth-order valence-electron chi connectivity index (χ4n) is 2.07. The maximum absolute atomic E-state index is 12.1. The lowest BCUT2D eigenvalue weighted by Crippen LogP contribution is -2.22. The van der Waals surface area contributed by atoms with Gasteiger partial charge < -0.3 is 5.32 Å². The van der Waals surface area contributed by atoms with Crippen molar-refractivity contribution in [1.29, 1.82) is 0 Å². The lowest BCUT2D eigenvalue weighted by molar-refractivity contribution is 0.0951. The molecule has 0 saturated carbocycles. The van der Waals surface area contributed by atoms with E-state index in [1.165, 1.54) is 9.75 Å². The van der Waals surface area contributed by atoms with Crippen LogP contribution in [0.2, 0.25) is 0 Å². The summed E-state index contributed by atoms with van der Waals surface area (Å²) in [5.41, 5.74) is 1.57. The van der Waals surface area contributed by atoms with Gasteiger partial charge in [-0.2, -0.15) is 0 Å². The molecule has 1 aromatic carbocycles. The monoisotopic (exact) mass is 282 g/mol. The Morgan fingerprint density at radius 2 is 2.15 bits per heavy atom. The molecule has 0 fully saturated rings. The van der Waals surface area contributed by atoms with E-state index < -0.39 is 0 Å². The highest BCUT2D eigenvalue weighted by Crippen LogP contribution is 2.16. The maximum Gasteiger partial charge on any atom is 0.251 e. The number of aryl methyl sites for hydroxylation is 1. The average Bonchev–Trinajstić information content (AvgIpc) is 2.90. The van der Waals surface area contributed by atoms with E-state index in [0.29, 0.717) is 12.1 Å². The molecule has 4 heteroatoms. The van der Waals surface area contributed by atoms with Crippen molar-refractivity contribution in [3.63, 3.8) is 0 Å². The molecule has 0 aliphatic rings. The number of aromatic nitrogens is 1. The summed E-state index contributed by atoms with van der Waals surface area (Å²) >= 11 is 1.70. The van der Waals surface area contributed by atoms with Crippen LogP contribution in [0.5, 0.6) is 0 Å². The van der Waals surface area contributed by atoms with Crippen molar-refractivity contribution in [3.05, 3.63) is 64.0 Å². The smallest absolute Gasteiger partial charge is 0.251 e. The van der Waals surface area contributed by atoms with Gasteiger partial charge in [-0.15, -0.1) is 11.3 Å². The minimum atomic E-state index is -0.0539. The number of nitrogens with one attached hydrogen (secondary N) is 1. The van der Waals surface area contributed by atoms with E-state index in [1.807, 2.05) is 36.4 Å². The summed E-state index contributed by atoms with van der Waals surface area (Å²) in [7, 11) is 0. The van der Waals surface area contributed by atoms with E-state index in [2.05, 4.69) is 23.3 Å². The summed E-state index contributed by atoms with van der Waals surface area (Å²) in [5.74, 6) is -0.0539. The molecule has 3 nitrogen and oxygen atoms in total. The zero-order valence-electron chi connectivity index (χ0n) is 11.1. The quantitative estimate of drug-likeness (QED) is 0.798. The highest BCUT2D eigenvalue weighted by Gasteiger charge is 2.07. The first-order valence-electron chi connectivity index (χ1n) is 6.41. The number of pyridine rings is 1. The van der Waals surface area contributed by atoms with Crippen LogP contribution < -0.4 is 5.32 Å². The normalized spacial score (nSPS) is 10.7. The first kappa shape index (κ1) is 12.8. The summed E-state index contributed by atoms with van der Waals surface area (Å²) in [5, 5.41) is 3.92. The van der Waals surface area contributed by atoms with Crippen LogP contribution in [0.25, 0.3) is 10.9 Å². The summed E-state index contributed by atoms with van der Waals surface area (Å²) in [6.45, 7) is 2.63. The van der Waals surface area contributed by atoms with Gasteiger partial charge in [0.25, 0.3) is 5.91 Å². The van der Waals surface area contributed by atoms with Crippen molar-refractivity contribution in [2.75, 3.05) is 0 Å². The number of benzene rings is 1. The fraction of sp³-hybridized carbons (Fsp3) is 0.125. The maximum atomic E-state index is 12.1. The second kappa shape index (κ2) is 5.43. The first-order valence-corrected chi connectivity index (χ1v) is 7.22. The number of amides is 1. The number of nitrogens with zero attached hydrogens (tertiary/aromatic N) is 1. The number of carbonyl (C=O) groups is 1. The van der Waals surface area contributed by atoms with Gasteiger partial charge in [-0.3, -0.25) is 9.78 Å². The van der Waals surface area contributed by atoms with E-state index in [0.717, 1.165) is 10.9 Å². The highest BCUT2D eigenvalue weighted by molar-refractivity contribution is 7.11. The van der Waals surface area contributed by atoms with E-state index in [-0.39, 0.29) is 5.91 Å². The molecule has 2 aromatic heterocycles. The van der Waals surface area contributed by atoms with Crippen LogP contribution >= 0.6 is 11.3 Å². The Labute approximate surface area is 121 Å². The molecular weight excluding hydrogens is 268 g/mol. The van der Waals surface area contributed by atoms with Crippen LogP contribution in [0.3, 0.4) is 0 Å². The Bertz CT molecular complexity index is 764. The van der Waals surface area contributed by atoms with Crippen LogP contribution in [-0.2, 0) is 6.54 Å². The molecule has 0 unspecified atom stereocenters. The minimum absolute atomic E-state index is 0.0539. The van der Waals surface area contributed by atoms with Crippen LogP contribution in [0.15, 0.2) is 48.7 Å². The fourth-order valence-corrected chi connectivity index (χ4v) is 2.90. The van der Waals surface area contributed by atoms with Gasteiger partial charge in [-0.05, 0) is 43.3 Å².